The number of para-hydroxylation sites is 1. The molecule has 1 N–H and O–H groups in total. The van der Waals surface area contributed by atoms with E-state index in [1.165, 1.54) is 50.0 Å². The summed E-state index contributed by atoms with van der Waals surface area (Å²) in [7, 11) is 0. The van der Waals surface area contributed by atoms with Crippen molar-refractivity contribution in [2.45, 2.75) is 38.5 Å². The molecule has 0 saturated heterocycles. The second-order valence-corrected chi connectivity index (χ2v) is 4.86. The molecule has 2 heteroatoms. The highest BCUT2D eigenvalue weighted by atomic mass is 16.2. The van der Waals surface area contributed by atoms with Crippen molar-refractivity contribution >= 4 is 5.69 Å². The first-order valence-electron chi connectivity index (χ1n) is 6.85. The van der Waals surface area contributed by atoms with Crippen LogP contribution in [0.25, 0.3) is 0 Å². The van der Waals surface area contributed by atoms with Gasteiger partial charge in [0.1, 0.15) is 0 Å². The van der Waals surface area contributed by atoms with Gasteiger partial charge < -0.3 is 10.0 Å². The summed E-state index contributed by atoms with van der Waals surface area (Å²) < 4.78 is 0. The van der Waals surface area contributed by atoms with Crippen LogP contribution in [-0.2, 0) is 6.42 Å². The molecule has 2 nitrogen and oxygen atoms in total. The first-order chi connectivity index (χ1) is 8.42. The van der Waals surface area contributed by atoms with Crippen LogP contribution in [0.5, 0.6) is 0 Å². The lowest BCUT2D eigenvalue weighted by molar-refractivity contribution is 0.282. The fourth-order valence-electron chi connectivity index (χ4n) is 2.61. The predicted octanol–water partition coefficient (Wildman–Crippen LogP) is 2.99. The van der Waals surface area contributed by atoms with Crippen LogP contribution in [0, 0.1) is 0 Å². The van der Waals surface area contributed by atoms with Crippen LogP contribution in [-0.4, -0.2) is 24.8 Å². The van der Waals surface area contributed by atoms with E-state index in [9.17, 15) is 0 Å². The molecule has 1 aromatic rings. The second kappa shape index (κ2) is 6.65. The van der Waals surface area contributed by atoms with Gasteiger partial charge in [-0.2, -0.15) is 0 Å². The quantitative estimate of drug-likeness (QED) is 0.764. The fraction of sp³-hybridized carbons (Fsp3) is 0.600. The lowest BCUT2D eigenvalue weighted by Gasteiger charge is -2.31. The van der Waals surface area contributed by atoms with Crippen molar-refractivity contribution in [2.24, 2.45) is 0 Å². The molecule has 94 valence electrons. The van der Waals surface area contributed by atoms with Crippen LogP contribution < -0.4 is 4.90 Å². The number of aliphatic hydroxyl groups is 1. The largest absolute Gasteiger partial charge is 0.396 e. The SMILES string of the molecule is OCCCCCCN1CCCc2ccccc21. The highest BCUT2D eigenvalue weighted by Crippen LogP contribution is 2.26. The molecule has 0 unspecified atom stereocenters. The Labute approximate surface area is 104 Å². The molecule has 17 heavy (non-hydrogen) atoms. The van der Waals surface area contributed by atoms with E-state index in [0.29, 0.717) is 6.61 Å². The summed E-state index contributed by atoms with van der Waals surface area (Å²) in [5.41, 5.74) is 2.95. The van der Waals surface area contributed by atoms with Crippen LogP contribution in [0.15, 0.2) is 24.3 Å². The molecule has 0 saturated carbocycles. The number of hydrogen-bond donors (Lipinski definition) is 1. The van der Waals surface area contributed by atoms with E-state index >= 15 is 0 Å². The maximum absolute atomic E-state index is 8.73. The molecule has 0 amide bonds. The van der Waals surface area contributed by atoms with Crippen molar-refractivity contribution in [1.82, 2.24) is 0 Å². The summed E-state index contributed by atoms with van der Waals surface area (Å²) in [6, 6.07) is 8.79. The van der Waals surface area contributed by atoms with Gasteiger partial charge in [0.2, 0.25) is 0 Å². The number of unbranched alkanes of at least 4 members (excludes halogenated alkanes) is 3. The summed E-state index contributed by atoms with van der Waals surface area (Å²) in [6.07, 6.45) is 7.11. The van der Waals surface area contributed by atoms with Crippen LogP contribution in [0.2, 0.25) is 0 Å². The van der Waals surface area contributed by atoms with Gasteiger partial charge in [0, 0.05) is 25.4 Å². The highest BCUT2D eigenvalue weighted by Gasteiger charge is 2.14. The van der Waals surface area contributed by atoms with E-state index in [1.807, 2.05) is 0 Å². The van der Waals surface area contributed by atoms with Crippen molar-refractivity contribution in [3.05, 3.63) is 29.8 Å². The zero-order chi connectivity index (χ0) is 11.9. The number of benzene rings is 1. The molecule has 0 radical (unpaired) electrons. The van der Waals surface area contributed by atoms with Crippen LogP contribution in [0.1, 0.15) is 37.7 Å². The normalized spacial score (nSPS) is 14.8. The maximum atomic E-state index is 8.73. The average molecular weight is 233 g/mol. The minimum Gasteiger partial charge on any atom is -0.396 e. The molecule has 1 aliphatic heterocycles. The Morgan fingerprint density at radius 1 is 1.06 bits per heavy atom. The monoisotopic (exact) mass is 233 g/mol. The summed E-state index contributed by atoms with van der Waals surface area (Å²) in [6.45, 7) is 2.71. The average Bonchev–Trinajstić information content (AvgIpc) is 2.39. The number of aryl methyl sites for hydroxylation is 1. The number of nitrogens with zero attached hydrogens (tertiary/aromatic N) is 1. The molecular formula is C15H23NO. The number of aliphatic hydroxyl groups excluding tert-OH is 1. The molecule has 0 atom stereocenters. The van der Waals surface area contributed by atoms with Crippen molar-refractivity contribution in [3.63, 3.8) is 0 Å². The lowest BCUT2D eigenvalue weighted by atomic mass is 10.0. The third-order valence-corrected chi connectivity index (χ3v) is 3.54. The molecule has 0 spiro atoms. The van der Waals surface area contributed by atoms with Gasteiger partial charge in [-0.1, -0.05) is 31.0 Å². The maximum Gasteiger partial charge on any atom is 0.0431 e. The molecule has 0 fully saturated rings. The second-order valence-electron chi connectivity index (χ2n) is 4.86. The Kier molecular flexibility index (Phi) is 4.87. The molecule has 0 aromatic heterocycles. The number of fused-ring (bicyclic) bond motifs is 1. The third kappa shape index (κ3) is 3.47. The van der Waals surface area contributed by atoms with Crippen LogP contribution >= 0.6 is 0 Å². The summed E-state index contributed by atoms with van der Waals surface area (Å²) in [5, 5.41) is 8.73. The lowest BCUT2D eigenvalue weighted by Crippen LogP contribution is -2.30. The van der Waals surface area contributed by atoms with E-state index < -0.39 is 0 Å². The van der Waals surface area contributed by atoms with E-state index in [2.05, 4.69) is 29.2 Å². The number of hydrogen-bond acceptors (Lipinski definition) is 2. The molecule has 2 rings (SSSR count). The smallest absolute Gasteiger partial charge is 0.0431 e. The molecule has 0 aliphatic carbocycles. The van der Waals surface area contributed by atoms with Crippen molar-refractivity contribution in [2.75, 3.05) is 24.6 Å². The Balaban J connectivity index is 1.82. The van der Waals surface area contributed by atoms with Gasteiger partial charge in [0.05, 0.1) is 0 Å². The van der Waals surface area contributed by atoms with Gasteiger partial charge in [-0.3, -0.25) is 0 Å². The molecule has 1 heterocycles. The minimum absolute atomic E-state index is 0.340. The van der Waals surface area contributed by atoms with Gasteiger partial charge in [0.25, 0.3) is 0 Å². The third-order valence-electron chi connectivity index (χ3n) is 3.54. The minimum atomic E-state index is 0.340. The van der Waals surface area contributed by atoms with Crippen LogP contribution in [0.3, 0.4) is 0 Å². The zero-order valence-electron chi connectivity index (χ0n) is 10.6. The first-order valence-corrected chi connectivity index (χ1v) is 6.85. The standard InChI is InChI=1S/C15H23NO/c17-13-6-2-1-5-11-16-12-7-9-14-8-3-4-10-15(14)16/h3-4,8,10,17H,1-2,5-7,9,11-13H2. The summed E-state index contributed by atoms with van der Waals surface area (Å²) >= 11 is 0. The van der Waals surface area contributed by atoms with Crippen LogP contribution in [0.4, 0.5) is 5.69 Å². The Morgan fingerprint density at radius 3 is 2.76 bits per heavy atom. The highest BCUT2D eigenvalue weighted by molar-refractivity contribution is 5.55. The van der Waals surface area contributed by atoms with Gasteiger partial charge in [-0.05, 0) is 37.3 Å². The molecule has 0 bridgehead atoms. The van der Waals surface area contributed by atoms with E-state index in [1.54, 1.807) is 0 Å². The Morgan fingerprint density at radius 2 is 1.88 bits per heavy atom. The number of anilines is 1. The first kappa shape index (κ1) is 12.4. The Bertz CT molecular complexity index is 337. The zero-order valence-corrected chi connectivity index (χ0v) is 10.6. The molecule has 1 aromatic carbocycles. The van der Waals surface area contributed by atoms with Gasteiger partial charge in [-0.25, -0.2) is 0 Å². The number of rotatable bonds is 6. The van der Waals surface area contributed by atoms with Gasteiger partial charge in [-0.15, -0.1) is 0 Å². The van der Waals surface area contributed by atoms with Crippen molar-refractivity contribution in [1.29, 1.82) is 0 Å². The van der Waals surface area contributed by atoms with Gasteiger partial charge in [0.15, 0.2) is 0 Å². The molecule has 1 aliphatic rings. The fourth-order valence-corrected chi connectivity index (χ4v) is 2.61. The Hall–Kier alpha value is -1.02. The molecular weight excluding hydrogens is 210 g/mol. The van der Waals surface area contributed by atoms with Crippen molar-refractivity contribution in [3.8, 4) is 0 Å². The topological polar surface area (TPSA) is 23.5 Å². The van der Waals surface area contributed by atoms with Crippen molar-refractivity contribution < 1.29 is 5.11 Å². The predicted molar refractivity (Wildman–Crippen MR) is 72.5 cm³/mol. The van der Waals surface area contributed by atoms with E-state index in [4.69, 9.17) is 5.11 Å². The summed E-state index contributed by atoms with van der Waals surface area (Å²) in [5.74, 6) is 0. The summed E-state index contributed by atoms with van der Waals surface area (Å²) in [4.78, 5) is 2.53. The van der Waals surface area contributed by atoms with E-state index in [0.717, 1.165) is 12.8 Å². The van der Waals surface area contributed by atoms with Gasteiger partial charge >= 0.3 is 0 Å². The van der Waals surface area contributed by atoms with E-state index in [-0.39, 0.29) is 0 Å².